The summed E-state index contributed by atoms with van der Waals surface area (Å²) < 4.78 is 6.83. The van der Waals surface area contributed by atoms with Gasteiger partial charge in [-0.1, -0.05) is 15.9 Å². The Morgan fingerprint density at radius 1 is 1.27 bits per heavy atom. The van der Waals surface area contributed by atoms with Crippen LogP contribution >= 0.6 is 27.7 Å². The second-order valence-electron chi connectivity index (χ2n) is 6.29. The fraction of sp³-hybridized carbons (Fsp3) is 0.588. The molecule has 0 aliphatic carbocycles. The van der Waals surface area contributed by atoms with Crippen LogP contribution in [0.5, 0.6) is 0 Å². The van der Waals surface area contributed by atoms with Crippen LogP contribution in [0.4, 0.5) is 0 Å². The van der Waals surface area contributed by atoms with E-state index >= 15 is 0 Å². The van der Waals surface area contributed by atoms with E-state index in [9.17, 15) is 4.79 Å². The van der Waals surface area contributed by atoms with Crippen LogP contribution in [0.25, 0.3) is 0 Å². The molecule has 120 valence electrons. The number of carbonyl (C=O) groups excluding carboxylic acids is 1. The zero-order valence-corrected chi connectivity index (χ0v) is 15.4. The summed E-state index contributed by atoms with van der Waals surface area (Å²) >= 11 is 4.98. The monoisotopic (exact) mass is 383 g/mol. The largest absolute Gasteiger partial charge is 0.461 e. The summed E-state index contributed by atoms with van der Waals surface area (Å²) in [6.45, 7) is 1.93. The van der Waals surface area contributed by atoms with E-state index in [0.717, 1.165) is 22.2 Å². The maximum absolute atomic E-state index is 12.3. The van der Waals surface area contributed by atoms with Gasteiger partial charge in [0.25, 0.3) is 0 Å². The normalized spacial score (nSPS) is 29.3. The Balaban J connectivity index is 1.52. The van der Waals surface area contributed by atoms with Gasteiger partial charge in [-0.15, -0.1) is 11.8 Å². The summed E-state index contributed by atoms with van der Waals surface area (Å²) in [7, 11) is 2.20. The number of ether oxygens (including phenoxy) is 1. The topological polar surface area (TPSA) is 29.5 Å². The Morgan fingerprint density at radius 3 is 2.45 bits per heavy atom. The molecule has 4 atom stereocenters. The van der Waals surface area contributed by atoms with Crippen LogP contribution < -0.4 is 0 Å². The fourth-order valence-corrected chi connectivity index (χ4v) is 4.60. The number of nitrogens with zero attached hydrogens (tertiary/aromatic N) is 1. The quantitative estimate of drug-likeness (QED) is 0.578. The zero-order valence-electron chi connectivity index (χ0n) is 13.0. The number of thioether (sulfide) groups is 1. The minimum atomic E-state index is -0.168. The number of carbonyl (C=O) groups is 1. The third kappa shape index (κ3) is 3.69. The number of hydrogen-bond acceptors (Lipinski definition) is 4. The van der Waals surface area contributed by atoms with Gasteiger partial charge in [-0.05, 0) is 63.9 Å². The third-order valence-corrected chi connectivity index (χ3v) is 6.42. The Kier molecular flexibility index (Phi) is 5.15. The van der Waals surface area contributed by atoms with Crippen molar-refractivity contribution < 1.29 is 9.53 Å². The van der Waals surface area contributed by atoms with Gasteiger partial charge in [0, 0.05) is 21.5 Å². The lowest BCUT2D eigenvalue weighted by Gasteiger charge is -2.36. The molecule has 0 N–H and O–H groups in total. The molecule has 2 aliphatic heterocycles. The lowest BCUT2D eigenvalue weighted by molar-refractivity contribution is -0.151. The summed E-state index contributed by atoms with van der Waals surface area (Å²) in [6, 6.07) is 9.24. The van der Waals surface area contributed by atoms with E-state index in [-0.39, 0.29) is 17.3 Å². The minimum absolute atomic E-state index is 0.0816. The smallest absolute Gasteiger partial charge is 0.319 e. The van der Waals surface area contributed by atoms with Crippen molar-refractivity contribution >= 4 is 33.7 Å². The van der Waals surface area contributed by atoms with E-state index < -0.39 is 0 Å². The number of benzene rings is 1. The van der Waals surface area contributed by atoms with E-state index in [2.05, 4.69) is 27.9 Å². The summed E-state index contributed by atoms with van der Waals surface area (Å²) in [5.41, 5.74) is 0. The van der Waals surface area contributed by atoms with Crippen molar-refractivity contribution in [3.8, 4) is 0 Å². The molecule has 0 saturated carbocycles. The lowest BCUT2D eigenvalue weighted by atomic mass is 10.0. The van der Waals surface area contributed by atoms with Crippen LogP contribution in [0.1, 0.15) is 32.6 Å². The number of esters is 1. The summed E-state index contributed by atoms with van der Waals surface area (Å²) in [4.78, 5) is 15.9. The molecule has 0 radical (unpaired) electrons. The first-order valence-corrected chi connectivity index (χ1v) is 9.55. The molecule has 1 aromatic carbocycles. The second kappa shape index (κ2) is 6.93. The molecule has 3 nitrogen and oxygen atoms in total. The molecule has 2 bridgehead atoms. The van der Waals surface area contributed by atoms with Gasteiger partial charge in [-0.25, -0.2) is 0 Å². The van der Waals surface area contributed by atoms with E-state index in [0.29, 0.717) is 12.1 Å². The third-order valence-electron chi connectivity index (χ3n) is 4.80. The Labute approximate surface area is 144 Å². The highest BCUT2D eigenvalue weighted by atomic mass is 79.9. The van der Waals surface area contributed by atoms with Gasteiger partial charge in [0.1, 0.15) is 11.4 Å². The van der Waals surface area contributed by atoms with E-state index in [4.69, 9.17) is 4.74 Å². The number of hydrogen-bond donors (Lipinski definition) is 0. The number of piperidine rings is 1. The van der Waals surface area contributed by atoms with Crippen molar-refractivity contribution in [1.82, 2.24) is 4.90 Å². The zero-order chi connectivity index (χ0) is 15.7. The van der Waals surface area contributed by atoms with Crippen LogP contribution in [-0.2, 0) is 9.53 Å². The van der Waals surface area contributed by atoms with Gasteiger partial charge in [0.2, 0.25) is 0 Å². The number of rotatable bonds is 4. The Morgan fingerprint density at radius 2 is 1.86 bits per heavy atom. The average Bonchev–Trinajstić information content (AvgIpc) is 2.72. The van der Waals surface area contributed by atoms with Crippen LogP contribution in [-0.4, -0.2) is 41.4 Å². The molecule has 0 aromatic heterocycles. The van der Waals surface area contributed by atoms with Gasteiger partial charge in [-0.3, -0.25) is 4.79 Å². The van der Waals surface area contributed by atoms with Gasteiger partial charge >= 0.3 is 5.97 Å². The van der Waals surface area contributed by atoms with E-state index in [1.165, 1.54) is 12.8 Å². The predicted octanol–water partition coefficient (Wildman–Crippen LogP) is 4.10. The molecule has 0 spiro atoms. The van der Waals surface area contributed by atoms with Crippen molar-refractivity contribution in [2.24, 2.45) is 0 Å². The molecule has 2 heterocycles. The first kappa shape index (κ1) is 16.3. The summed E-state index contributed by atoms with van der Waals surface area (Å²) in [6.07, 6.45) is 4.59. The predicted molar refractivity (Wildman–Crippen MR) is 93.1 cm³/mol. The standard InChI is InChI=1S/C17H22BrNO2S/c1-11(22-16-7-3-12(18)4-8-16)17(20)21-15-9-13-5-6-14(10-15)19(13)2/h3-4,7-8,11,13-15H,5-6,9-10H2,1-2H3/t11?,13-,14+,15?. The van der Waals surface area contributed by atoms with Crippen molar-refractivity contribution in [3.63, 3.8) is 0 Å². The SMILES string of the molecule is CC(Sc1ccc(Br)cc1)C(=O)OC1C[C@H]2CC[C@@H](C1)N2C. The van der Waals surface area contributed by atoms with Crippen LogP contribution in [0.2, 0.25) is 0 Å². The van der Waals surface area contributed by atoms with E-state index in [1.807, 2.05) is 31.2 Å². The summed E-state index contributed by atoms with van der Waals surface area (Å²) in [5, 5.41) is -0.168. The molecule has 22 heavy (non-hydrogen) atoms. The van der Waals surface area contributed by atoms with Gasteiger partial charge < -0.3 is 9.64 Å². The Bertz CT molecular complexity index is 522. The van der Waals surface area contributed by atoms with Gasteiger partial charge in [-0.2, -0.15) is 0 Å². The molecule has 2 saturated heterocycles. The lowest BCUT2D eigenvalue weighted by Crippen LogP contribution is -2.44. The first-order chi connectivity index (χ1) is 10.5. The maximum atomic E-state index is 12.3. The fourth-order valence-electron chi connectivity index (χ4n) is 3.48. The molecule has 1 aromatic rings. The van der Waals surface area contributed by atoms with Crippen molar-refractivity contribution in [3.05, 3.63) is 28.7 Å². The van der Waals surface area contributed by atoms with Crippen molar-refractivity contribution in [1.29, 1.82) is 0 Å². The van der Waals surface area contributed by atoms with Gasteiger partial charge in [0.05, 0.1) is 0 Å². The maximum Gasteiger partial charge on any atom is 0.319 e. The van der Waals surface area contributed by atoms with Crippen molar-refractivity contribution in [2.75, 3.05) is 7.05 Å². The average molecular weight is 384 g/mol. The van der Waals surface area contributed by atoms with Crippen LogP contribution in [0, 0.1) is 0 Å². The first-order valence-electron chi connectivity index (χ1n) is 7.87. The molecule has 0 amide bonds. The van der Waals surface area contributed by atoms with Crippen LogP contribution in [0.3, 0.4) is 0 Å². The molecule has 2 unspecified atom stereocenters. The highest BCUT2D eigenvalue weighted by Crippen LogP contribution is 2.36. The number of halogens is 1. The highest BCUT2D eigenvalue weighted by molar-refractivity contribution is 9.10. The molecule has 5 heteroatoms. The molecular weight excluding hydrogens is 362 g/mol. The molecular formula is C17H22BrNO2S. The van der Waals surface area contributed by atoms with Crippen LogP contribution in [0.15, 0.2) is 33.6 Å². The van der Waals surface area contributed by atoms with Gasteiger partial charge in [0.15, 0.2) is 0 Å². The second-order valence-corrected chi connectivity index (χ2v) is 8.62. The number of fused-ring (bicyclic) bond motifs is 2. The highest BCUT2D eigenvalue weighted by Gasteiger charge is 2.40. The van der Waals surface area contributed by atoms with Crippen molar-refractivity contribution in [2.45, 2.75) is 60.9 Å². The molecule has 3 rings (SSSR count). The Hall–Kier alpha value is -0.520. The van der Waals surface area contributed by atoms with E-state index in [1.54, 1.807) is 11.8 Å². The minimum Gasteiger partial charge on any atom is -0.461 e. The molecule has 2 aliphatic rings. The molecule has 2 fully saturated rings. The summed E-state index contributed by atoms with van der Waals surface area (Å²) in [5.74, 6) is -0.0816.